The summed E-state index contributed by atoms with van der Waals surface area (Å²) >= 11 is 3.14. The molecule has 0 aliphatic rings. The van der Waals surface area contributed by atoms with E-state index in [-0.39, 0.29) is 16.2 Å². The largest absolute Gasteiger partial charge is 0.495 e. The summed E-state index contributed by atoms with van der Waals surface area (Å²) in [5.74, 6) is -1.08. The monoisotopic (exact) mass is 441 g/mol. The highest BCUT2D eigenvalue weighted by Crippen LogP contribution is 2.30. The van der Waals surface area contributed by atoms with Gasteiger partial charge in [0.15, 0.2) is 0 Å². The molecule has 2 aromatic rings. The number of nitrogens with one attached hydrogen (secondary N) is 1. The second-order valence-corrected chi connectivity index (χ2v) is 7.57. The first-order valence-electron chi connectivity index (χ1n) is 6.73. The number of halogens is 5. The van der Waals surface area contributed by atoms with E-state index in [1.165, 1.54) is 19.2 Å². The van der Waals surface area contributed by atoms with E-state index >= 15 is 0 Å². The summed E-state index contributed by atoms with van der Waals surface area (Å²) < 4.78 is 83.7. The molecule has 0 unspecified atom stereocenters. The lowest BCUT2D eigenvalue weighted by molar-refractivity contribution is -0.137. The summed E-state index contributed by atoms with van der Waals surface area (Å²) in [4.78, 5) is -0.184. The van der Waals surface area contributed by atoms with E-state index in [1.807, 2.05) is 0 Å². The van der Waals surface area contributed by atoms with Gasteiger partial charge in [0, 0.05) is 16.6 Å². The van der Waals surface area contributed by atoms with Crippen molar-refractivity contribution >= 4 is 26.0 Å². The molecule has 0 aliphatic heterocycles. The van der Waals surface area contributed by atoms with Gasteiger partial charge in [-0.05, 0) is 30.3 Å². The molecular weight excluding hydrogens is 430 g/mol. The van der Waals surface area contributed by atoms with E-state index in [1.54, 1.807) is 6.07 Å². The van der Waals surface area contributed by atoms with Crippen LogP contribution in [-0.4, -0.2) is 15.5 Å². The first-order valence-corrected chi connectivity index (χ1v) is 9.01. The van der Waals surface area contributed by atoms with Crippen molar-refractivity contribution < 1.29 is 30.7 Å². The lowest BCUT2D eigenvalue weighted by Gasteiger charge is -2.12. The van der Waals surface area contributed by atoms with Crippen LogP contribution in [0.1, 0.15) is 11.1 Å². The fraction of sp³-hybridized carbons (Fsp3) is 0.200. The molecule has 0 saturated carbocycles. The molecule has 4 nitrogen and oxygen atoms in total. The molecule has 136 valence electrons. The predicted molar refractivity (Wildman–Crippen MR) is 86.1 cm³/mol. The van der Waals surface area contributed by atoms with Gasteiger partial charge in [0.2, 0.25) is 10.0 Å². The first kappa shape index (κ1) is 19.7. The van der Waals surface area contributed by atoms with Crippen molar-refractivity contribution in [2.45, 2.75) is 17.6 Å². The lowest BCUT2D eigenvalue weighted by Crippen LogP contribution is -2.24. The normalized spacial score (nSPS) is 12.2. The first-order chi connectivity index (χ1) is 11.5. The van der Waals surface area contributed by atoms with Gasteiger partial charge in [0.25, 0.3) is 0 Å². The molecule has 0 saturated heterocycles. The van der Waals surface area contributed by atoms with Gasteiger partial charge in [-0.2, -0.15) is 13.2 Å². The number of benzene rings is 2. The summed E-state index contributed by atoms with van der Waals surface area (Å²) in [5.41, 5.74) is -1.36. The van der Waals surface area contributed by atoms with Crippen LogP contribution in [0.2, 0.25) is 0 Å². The minimum Gasteiger partial charge on any atom is -0.495 e. The van der Waals surface area contributed by atoms with E-state index in [9.17, 15) is 26.0 Å². The molecule has 1 N–H and O–H groups in total. The Bertz CT molecular complexity index is 885. The zero-order valence-electron chi connectivity index (χ0n) is 12.7. The summed E-state index contributed by atoms with van der Waals surface area (Å²) in [6.07, 6.45) is -4.68. The van der Waals surface area contributed by atoms with Gasteiger partial charge in [-0.25, -0.2) is 17.5 Å². The molecule has 0 aromatic heterocycles. The van der Waals surface area contributed by atoms with Gasteiger partial charge in [-0.3, -0.25) is 0 Å². The molecule has 0 atom stereocenters. The SMILES string of the molecule is COc1ccc(Br)cc1S(=O)(=O)NCc1ccc(C(F)(F)F)cc1F. The minimum atomic E-state index is -4.68. The van der Waals surface area contributed by atoms with Crippen LogP contribution in [0.5, 0.6) is 5.75 Å². The van der Waals surface area contributed by atoms with Crippen LogP contribution in [0.4, 0.5) is 17.6 Å². The number of ether oxygens (including phenoxy) is 1. The van der Waals surface area contributed by atoms with Crippen LogP contribution in [0.15, 0.2) is 45.8 Å². The van der Waals surface area contributed by atoms with Gasteiger partial charge in [-0.15, -0.1) is 0 Å². The molecular formula is C15H12BrF4NO3S. The topological polar surface area (TPSA) is 55.4 Å². The maximum atomic E-state index is 13.8. The van der Waals surface area contributed by atoms with Crippen molar-refractivity contribution in [3.05, 3.63) is 57.8 Å². The minimum absolute atomic E-state index is 0.0728. The number of hydrogen-bond acceptors (Lipinski definition) is 3. The van der Waals surface area contributed by atoms with E-state index < -0.39 is 34.1 Å². The van der Waals surface area contributed by atoms with E-state index in [4.69, 9.17) is 4.74 Å². The molecule has 0 heterocycles. The highest BCUT2D eigenvalue weighted by atomic mass is 79.9. The summed E-state index contributed by atoms with van der Waals surface area (Å²) in [5, 5.41) is 0. The molecule has 0 aliphatic carbocycles. The second kappa shape index (κ2) is 7.30. The highest BCUT2D eigenvalue weighted by molar-refractivity contribution is 9.10. The van der Waals surface area contributed by atoms with Crippen LogP contribution in [0.25, 0.3) is 0 Å². The predicted octanol–water partition coefficient (Wildman–Crippen LogP) is 4.09. The number of hydrogen-bond donors (Lipinski definition) is 1. The highest BCUT2D eigenvalue weighted by Gasteiger charge is 2.31. The van der Waals surface area contributed by atoms with Crippen LogP contribution in [0.3, 0.4) is 0 Å². The third kappa shape index (κ3) is 4.71. The maximum Gasteiger partial charge on any atom is 0.416 e. The maximum absolute atomic E-state index is 13.8. The lowest BCUT2D eigenvalue weighted by atomic mass is 10.1. The summed E-state index contributed by atoms with van der Waals surface area (Å²) in [6.45, 7) is -0.512. The van der Waals surface area contributed by atoms with Crippen LogP contribution >= 0.6 is 15.9 Å². The molecule has 0 bridgehead atoms. The number of rotatable bonds is 5. The van der Waals surface area contributed by atoms with E-state index in [0.29, 0.717) is 16.6 Å². The smallest absolute Gasteiger partial charge is 0.416 e. The van der Waals surface area contributed by atoms with Gasteiger partial charge in [-0.1, -0.05) is 22.0 Å². The molecule has 2 rings (SSSR count). The van der Waals surface area contributed by atoms with Crippen molar-refractivity contribution in [2.75, 3.05) is 7.11 Å². The quantitative estimate of drug-likeness (QED) is 0.710. The Morgan fingerprint density at radius 1 is 1.16 bits per heavy atom. The van der Waals surface area contributed by atoms with Crippen LogP contribution < -0.4 is 9.46 Å². The Kier molecular flexibility index (Phi) is 5.75. The van der Waals surface area contributed by atoms with Gasteiger partial charge in [0.05, 0.1) is 12.7 Å². The molecule has 10 heteroatoms. The van der Waals surface area contributed by atoms with Crippen molar-refractivity contribution in [3.63, 3.8) is 0 Å². The Balaban J connectivity index is 2.25. The molecule has 0 radical (unpaired) electrons. The van der Waals surface area contributed by atoms with Crippen molar-refractivity contribution in [3.8, 4) is 5.75 Å². The van der Waals surface area contributed by atoms with Crippen molar-refractivity contribution in [1.82, 2.24) is 4.72 Å². The Hall–Kier alpha value is -1.65. The van der Waals surface area contributed by atoms with Crippen molar-refractivity contribution in [2.24, 2.45) is 0 Å². The van der Waals surface area contributed by atoms with Crippen LogP contribution in [0, 0.1) is 5.82 Å². The fourth-order valence-electron chi connectivity index (χ4n) is 1.98. The molecule has 0 fully saturated rings. The zero-order chi connectivity index (χ0) is 18.8. The van der Waals surface area contributed by atoms with Gasteiger partial charge >= 0.3 is 6.18 Å². The molecule has 0 amide bonds. The molecule has 0 spiro atoms. The average molecular weight is 442 g/mol. The Morgan fingerprint density at radius 3 is 2.40 bits per heavy atom. The number of sulfonamides is 1. The van der Waals surface area contributed by atoms with Crippen LogP contribution in [-0.2, 0) is 22.7 Å². The van der Waals surface area contributed by atoms with E-state index in [0.717, 1.165) is 6.07 Å². The molecule has 25 heavy (non-hydrogen) atoms. The van der Waals surface area contributed by atoms with Crippen molar-refractivity contribution in [1.29, 1.82) is 0 Å². The summed E-state index contributed by atoms with van der Waals surface area (Å²) in [7, 11) is -2.78. The molecule has 2 aromatic carbocycles. The van der Waals surface area contributed by atoms with Gasteiger partial charge < -0.3 is 4.74 Å². The number of methoxy groups -OCH3 is 1. The van der Waals surface area contributed by atoms with Gasteiger partial charge in [0.1, 0.15) is 16.5 Å². The third-order valence-electron chi connectivity index (χ3n) is 3.25. The summed E-state index contributed by atoms with van der Waals surface area (Å²) in [6, 6.07) is 6.20. The standard InChI is InChI=1S/C15H12BrF4NO3S/c1-24-13-5-4-11(16)7-14(13)25(22,23)21-8-9-2-3-10(6-12(9)17)15(18,19)20/h2-7,21H,8H2,1H3. The Morgan fingerprint density at radius 2 is 1.84 bits per heavy atom. The van der Waals surface area contributed by atoms with E-state index in [2.05, 4.69) is 20.7 Å². The fourth-order valence-corrected chi connectivity index (χ4v) is 3.69. The average Bonchev–Trinajstić information content (AvgIpc) is 2.52. The number of alkyl halides is 3. The Labute approximate surface area is 150 Å². The third-order valence-corrected chi connectivity index (χ3v) is 5.16. The second-order valence-electron chi connectivity index (χ2n) is 4.92. The zero-order valence-corrected chi connectivity index (χ0v) is 15.1.